The van der Waals surface area contributed by atoms with Gasteiger partial charge in [-0.3, -0.25) is 0 Å². The van der Waals surface area contributed by atoms with Gasteiger partial charge in [-0.2, -0.15) is 0 Å². The highest BCUT2D eigenvalue weighted by molar-refractivity contribution is 5.10. The van der Waals surface area contributed by atoms with E-state index in [1.54, 1.807) is 0 Å². The second-order valence-corrected chi connectivity index (χ2v) is 5.78. The molecule has 2 aliphatic carbocycles. The molecule has 2 rings (SSSR count). The van der Waals surface area contributed by atoms with E-state index in [2.05, 4.69) is 31.3 Å². The van der Waals surface area contributed by atoms with E-state index < -0.39 is 0 Å². The van der Waals surface area contributed by atoms with E-state index >= 15 is 0 Å². The summed E-state index contributed by atoms with van der Waals surface area (Å²) in [6.07, 6.45) is 10.5. The van der Waals surface area contributed by atoms with Crippen LogP contribution in [0.15, 0.2) is 12.2 Å². The fourth-order valence-corrected chi connectivity index (χ4v) is 3.05. The Bertz CT molecular complexity index is 219. The lowest BCUT2D eigenvalue weighted by molar-refractivity contribution is 0.407. The minimum absolute atomic E-state index is 0.859. The molecule has 0 amide bonds. The summed E-state index contributed by atoms with van der Waals surface area (Å²) in [6, 6.07) is 0. The first-order valence-electron chi connectivity index (χ1n) is 6.64. The Balaban J connectivity index is 1.54. The highest BCUT2D eigenvalue weighted by Gasteiger charge is 2.34. The van der Waals surface area contributed by atoms with Gasteiger partial charge in [-0.25, -0.2) is 0 Å². The standard InChI is InChI=1S/C14H25N/c1-11(2)4-3-7-15-10-14-9-12-5-6-13(14)8-12/h5-6,11-15H,3-4,7-10H2,1-2H3. The van der Waals surface area contributed by atoms with Gasteiger partial charge in [0.25, 0.3) is 0 Å². The molecule has 0 saturated heterocycles. The van der Waals surface area contributed by atoms with Gasteiger partial charge in [0.15, 0.2) is 0 Å². The lowest BCUT2D eigenvalue weighted by Crippen LogP contribution is -2.26. The predicted octanol–water partition coefficient (Wildman–Crippen LogP) is 3.22. The lowest BCUT2D eigenvalue weighted by Gasteiger charge is -2.18. The molecular formula is C14H25N. The summed E-state index contributed by atoms with van der Waals surface area (Å²) in [5, 5.41) is 3.63. The van der Waals surface area contributed by atoms with E-state index in [-0.39, 0.29) is 0 Å². The van der Waals surface area contributed by atoms with E-state index in [0.29, 0.717) is 0 Å². The molecule has 2 aliphatic rings. The Morgan fingerprint density at radius 3 is 2.73 bits per heavy atom. The minimum atomic E-state index is 0.859. The quantitative estimate of drug-likeness (QED) is 0.521. The maximum atomic E-state index is 3.63. The Morgan fingerprint density at radius 1 is 1.27 bits per heavy atom. The normalized spacial score (nSPS) is 33.1. The third-order valence-electron chi connectivity index (χ3n) is 3.96. The van der Waals surface area contributed by atoms with E-state index in [0.717, 1.165) is 23.7 Å². The highest BCUT2D eigenvalue weighted by atomic mass is 14.9. The first-order valence-corrected chi connectivity index (χ1v) is 6.64. The topological polar surface area (TPSA) is 12.0 Å². The number of allylic oxidation sites excluding steroid dienone is 2. The molecule has 86 valence electrons. The molecule has 2 bridgehead atoms. The molecule has 0 heterocycles. The van der Waals surface area contributed by atoms with Gasteiger partial charge < -0.3 is 5.32 Å². The van der Waals surface area contributed by atoms with Crippen LogP contribution in [0.25, 0.3) is 0 Å². The van der Waals surface area contributed by atoms with Crippen LogP contribution >= 0.6 is 0 Å². The summed E-state index contributed by atoms with van der Waals surface area (Å²) in [6.45, 7) is 7.08. The first kappa shape index (κ1) is 11.2. The van der Waals surface area contributed by atoms with Crippen molar-refractivity contribution in [1.82, 2.24) is 5.32 Å². The van der Waals surface area contributed by atoms with Gasteiger partial charge >= 0.3 is 0 Å². The lowest BCUT2D eigenvalue weighted by atomic mass is 9.93. The van der Waals surface area contributed by atoms with Gasteiger partial charge in [0.05, 0.1) is 0 Å². The molecular weight excluding hydrogens is 182 g/mol. The number of fused-ring (bicyclic) bond motifs is 2. The van der Waals surface area contributed by atoms with E-state index in [1.807, 2.05) is 0 Å². The zero-order valence-corrected chi connectivity index (χ0v) is 10.2. The molecule has 1 heteroatoms. The zero-order chi connectivity index (χ0) is 10.7. The van der Waals surface area contributed by atoms with E-state index in [4.69, 9.17) is 0 Å². The van der Waals surface area contributed by atoms with Crippen LogP contribution in [0.5, 0.6) is 0 Å². The maximum absolute atomic E-state index is 3.63. The molecule has 0 aromatic carbocycles. The van der Waals surface area contributed by atoms with Gasteiger partial charge in [0.1, 0.15) is 0 Å². The van der Waals surface area contributed by atoms with Crippen molar-refractivity contribution in [2.75, 3.05) is 13.1 Å². The minimum Gasteiger partial charge on any atom is -0.316 e. The van der Waals surface area contributed by atoms with Crippen LogP contribution in [0.1, 0.15) is 39.5 Å². The third-order valence-corrected chi connectivity index (χ3v) is 3.96. The maximum Gasteiger partial charge on any atom is -0.00147 e. The summed E-state index contributed by atoms with van der Waals surface area (Å²) in [5.74, 6) is 3.64. The number of nitrogens with one attached hydrogen (secondary N) is 1. The molecule has 0 aromatic rings. The van der Waals surface area contributed by atoms with E-state index in [1.165, 1.54) is 38.8 Å². The summed E-state index contributed by atoms with van der Waals surface area (Å²) >= 11 is 0. The number of hydrogen-bond donors (Lipinski definition) is 1. The second-order valence-electron chi connectivity index (χ2n) is 5.78. The zero-order valence-electron chi connectivity index (χ0n) is 10.2. The average molecular weight is 207 g/mol. The van der Waals surface area contributed by atoms with Crippen molar-refractivity contribution in [3.63, 3.8) is 0 Å². The second kappa shape index (κ2) is 5.16. The molecule has 1 N–H and O–H groups in total. The monoisotopic (exact) mass is 207 g/mol. The molecule has 0 aliphatic heterocycles. The molecule has 15 heavy (non-hydrogen) atoms. The first-order chi connectivity index (χ1) is 7.25. The van der Waals surface area contributed by atoms with Gasteiger partial charge in [0, 0.05) is 0 Å². The molecule has 3 unspecified atom stereocenters. The predicted molar refractivity (Wildman–Crippen MR) is 65.8 cm³/mol. The van der Waals surface area contributed by atoms with Crippen LogP contribution in [0, 0.1) is 23.7 Å². The Morgan fingerprint density at radius 2 is 2.13 bits per heavy atom. The van der Waals surface area contributed by atoms with Crippen molar-refractivity contribution in [1.29, 1.82) is 0 Å². The Kier molecular flexibility index (Phi) is 3.85. The highest BCUT2D eigenvalue weighted by Crippen LogP contribution is 2.42. The smallest absolute Gasteiger partial charge is 0.00147 e. The Labute approximate surface area is 94.3 Å². The van der Waals surface area contributed by atoms with Crippen LogP contribution in [-0.2, 0) is 0 Å². The summed E-state index contributed by atoms with van der Waals surface area (Å²) in [7, 11) is 0. The fraction of sp³-hybridized carbons (Fsp3) is 0.857. The van der Waals surface area contributed by atoms with Crippen molar-refractivity contribution in [3.05, 3.63) is 12.2 Å². The Hall–Kier alpha value is -0.300. The number of rotatable bonds is 6. The van der Waals surface area contributed by atoms with Crippen molar-refractivity contribution in [2.24, 2.45) is 23.7 Å². The molecule has 0 radical (unpaired) electrons. The average Bonchev–Trinajstić information content (AvgIpc) is 2.78. The summed E-state index contributed by atoms with van der Waals surface area (Å²) in [4.78, 5) is 0. The molecule has 1 saturated carbocycles. The van der Waals surface area contributed by atoms with Crippen LogP contribution in [0.3, 0.4) is 0 Å². The van der Waals surface area contributed by atoms with Crippen molar-refractivity contribution in [2.45, 2.75) is 39.5 Å². The molecule has 3 atom stereocenters. The van der Waals surface area contributed by atoms with Gasteiger partial charge in [0.2, 0.25) is 0 Å². The third kappa shape index (κ3) is 3.07. The molecule has 0 spiro atoms. The molecule has 0 aromatic heterocycles. The summed E-state index contributed by atoms with van der Waals surface area (Å²) < 4.78 is 0. The number of hydrogen-bond acceptors (Lipinski definition) is 1. The van der Waals surface area contributed by atoms with Crippen LogP contribution in [-0.4, -0.2) is 13.1 Å². The van der Waals surface area contributed by atoms with Gasteiger partial charge in [-0.15, -0.1) is 0 Å². The molecule has 1 nitrogen and oxygen atoms in total. The van der Waals surface area contributed by atoms with Crippen molar-refractivity contribution in [3.8, 4) is 0 Å². The van der Waals surface area contributed by atoms with Gasteiger partial charge in [-0.1, -0.05) is 26.0 Å². The van der Waals surface area contributed by atoms with Crippen molar-refractivity contribution >= 4 is 0 Å². The summed E-state index contributed by atoms with van der Waals surface area (Å²) in [5.41, 5.74) is 0. The van der Waals surface area contributed by atoms with Crippen LogP contribution in [0.2, 0.25) is 0 Å². The van der Waals surface area contributed by atoms with Crippen LogP contribution < -0.4 is 5.32 Å². The fourth-order valence-electron chi connectivity index (χ4n) is 3.05. The van der Waals surface area contributed by atoms with Crippen molar-refractivity contribution < 1.29 is 0 Å². The van der Waals surface area contributed by atoms with Crippen LogP contribution in [0.4, 0.5) is 0 Å². The largest absolute Gasteiger partial charge is 0.316 e. The van der Waals surface area contributed by atoms with E-state index in [9.17, 15) is 0 Å². The molecule has 1 fully saturated rings. The SMILES string of the molecule is CC(C)CCCNCC1CC2C=CC1C2. The van der Waals surface area contributed by atoms with Gasteiger partial charge in [-0.05, 0) is 62.4 Å².